The van der Waals surface area contributed by atoms with Crippen LogP contribution in [0.2, 0.25) is 0 Å². The normalized spacial score (nSPS) is 13.3. The summed E-state index contributed by atoms with van der Waals surface area (Å²) in [4.78, 5) is 12.5. The van der Waals surface area contributed by atoms with Crippen molar-refractivity contribution in [1.82, 2.24) is 5.32 Å². The van der Waals surface area contributed by atoms with Gasteiger partial charge in [0.25, 0.3) is 0 Å². The Morgan fingerprint density at radius 3 is 0.972 bits per heavy atom. The molecule has 418 valence electrons. The van der Waals surface area contributed by atoms with Crippen LogP contribution in [0, 0.1) is 0 Å². The minimum atomic E-state index is -0.872. The summed E-state index contributed by atoms with van der Waals surface area (Å²) in [5.41, 5.74) is 0. The molecule has 0 aromatic rings. The molecule has 4 nitrogen and oxygen atoms in total. The van der Waals surface area contributed by atoms with E-state index in [1.54, 1.807) is 6.08 Å². The molecular formula is C68H123NO3. The zero-order chi connectivity index (χ0) is 52.0. The van der Waals surface area contributed by atoms with Crippen molar-refractivity contribution in [2.75, 3.05) is 6.61 Å². The van der Waals surface area contributed by atoms with Crippen LogP contribution in [-0.2, 0) is 4.79 Å². The van der Waals surface area contributed by atoms with Gasteiger partial charge in [0.1, 0.15) is 0 Å². The molecule has 0 spiro atoms. The van der Waals surface area contributed by atoms with Gasteiger partial charge in [0.2, 0.25) is 5.91 Å². The van der Waals surface area contributed by atoms with Crippen LogP contribution in [0.3, 0.4) is 0 Å². The lowest BCUT2D eigenvalue weighted by Gasteiger charge is -2.19. The highest BCUT2D eigenvalue weighted by Crippen LogP contribution is 2.18. The Bertz CT molecular complexity index is 1270. The third-order valence-electron chi connectivity index (χ3n) is 14.3. The molecule has 0 rings (SSSR count). The number of hydrogen-bond acceptors (Lipinski definition) is 3. The predicted octanol–water partition coefficient (Wildman–Crippen LogP) is 21.5. The summed E-state index contributed by atoms with van der Waals surface area (Å²) in [6.45, 7) is 4.20. The van der Waals surface area contributed by atoms with Gasteiger partial charge in [0.05, 0.1) is 18.8 Å². The van der Waals surface area contributed by atoms with Crippen molar-refractivity contribution in [1.29, 1.82) is 0 Å². The van der Waals surface area contributed by atoms with E-state index in [0.717, 1.165) is 64.2 Å². The van der Waals surface area contributed by atoms with E-state index in [2.05, 4.69) is 92.1 Å². The van der Waals surface area contributed by atoms with E-state index in [9.17, 15) is 15.0 Å². The van der Waals surface area contributed by atoms with Gasteiger partial charge in [0.15, 0.2) is 0 Å². The van der Waals surface area contributed by atoms with Crippen LogP contribution >= 0.6 is 0 Å². The van der Waals surface area contributed by atoms with Gasteiger partial charge in [-0.25, -0.2) is 0 Å². The second kappa shape index (κ2) is 62.9. The Labute approximate surface area is 450 Å². The average molecular weight is 1000 g/mol. The third kappa shape index (κ3) is 58.5. The number of aliphatic hydroxyl groups excluding tert-OH is 2. The van der Waals surface area contributed by atoms with E-state index in [1.807, 2.05) is 6.08 Å². The number of unbranched alkanes of at least 4 members (excludes halogenated alkanes) is 39. The lowest BCUT2D eigenvalue weighted by atomic mass is 10.0. The first-order valence-corrected chi connectivity index (χ1v) is 31.8. The molecule has 0 aliphatic rings. The Morgan fingerprint density at radius 1 is 0.347 bits per heavy atom. The van der Waals surface area contributed by atoms with Crippen LogP contribution in [0.1, 0.15) is 322 Å². The maximum atomic E-state index is 12.5. The van der Waals surface area contributed by atoms with E-state index >= 15 is 0 Å². The molecule has 0 bridgehead atoms. The molecule has 72 heavy (non-hydrogen) atoms. The first-order valence-electron chi connectivity index (χ1n) is 31.8. The minimum Gasteiger partial charge on any atom is -0.394 e. The van der Waals surface area contributed by atoms with Crippen LogP contribution in [0.15, 0.2) is 85.1 Å². The second-order valence-electron chi connectivity index (χ2n) is 21.4. The van der Waals surface area contributed by atoms with Gasteiger partial charge in [0, 0.05) is 6.42 Å². The Hall–Kier alpha value is -2.43. The molecule has 0 radical (unpaired) electrons. The molecule has 0 aliphatic heterocycles. The molecule has 4 heteroatoms. The van der Waals surface area contributed by atoms with Gasteiger partial charge in [-0.05, 0) is 83.5 Å². The first-order chi connectivity index (χ1) is 35.7. The molecule has 1 amide bonds. The maximum absolute atomic E-state index is 12.5. The van der Waals surface area contributed by atoms with Gasteiger partial charge in [-0.2, -0.15) is 0 Å². The van der Waals surface area contributed by atoms with E-state index in [-0.39, 0.29) is 12.5 Å². The van der Waals surface area contributed by atoms with Crippen molar-refractivity contribution >= 4 is 5.91 Å². The predicted molar refractivity (Wildman–Crippen MR) is 322 cm³/mol. The smallest absolute Gasteiger partial charge is 0.220 e. The van der Waals surface area contributed by atoms with Crippen LogP contribution in [0.4, 0.5) is 0 Å². The SMILES string of the molecule is CC/C=C\C/C=C\C/C=C\C/C=C\CCCCCCCCCCCCCCCCCCCCCCCCCCCCCCC(=O)NC(CO)C(O)/C=C/CC/C=C/CC/C=C/CCCCCCCCCCC. The summed E-state index contributed by atoms with van der Waals surface area (Å²) in [5, 5.41) is 23.2. The lowest BCUT2D eigenvalue weighted by Crippen LogP contribution is -2.45. The summed E-state index contributed by atoms with van der Waals surface area (Å²) in [6.07, 6.45) is 92.2. The maximum Gasteiger partial charge on any atom is 0.220 e. The highest BCUT2D eigenvalue weighted by Gasteiger charge is 2.18. The lowest BCUT2D eigenvalue weighted by molar-refractivity contribution is -0.123. The molecule has 0 aliphatic carbocycles. The van der Waals surface area contributed by atoms with Crippen LogP contribution in [0.5, 0.6) is 0 Å². The Kier molecular flexibility index (Phi) is 60.7. The molecular weight excluding hydrogens is 879 g/mol. The second-order valence-corrected chi connectivity index (χ2v) is 21.4. The number of hydrogen-bond donors (Lipinski definition) is 3. The highest BCUT2D eigenvalue weighted by atomic mass is 16.3. The molecule has 2 atom stereocenters. The van der Waals surface area contributed by atoms with Crippen molar-refractivity contribution in [3.8, 4) is 0 Å². The first kappa shape index (κ1) is 69.6. The standard InChI is InChI=1S/C68H123NO3/c1-3-5-7-9-11-13-15-17-19-21-23-24-25-26-27-28-29-30-31-32-33-34-35-36-37-38-39-40-41-42-43-44-46-48-50-52-54-56-58-60-62-64-68(72)69-66(65-70)67(71)63-61-59-57-55-53-51-49-47-45-22-20-18-16-14-12-10-8-6-4-2/h5,7,11,13,17,19,23-24,45,47,53,55,61,63,66-67,70-71H,3-4,6,8-10,12,14-16,18,20-22,25-44,46,48-52,54,56-60,62,64-65H2,1-2H3,(H,69,72)/b7-5-,13-11-,19-17-,24-23-,47-45+,55-53+,63-61+. The van der Waals surface area contributed by atoms with Crippen molar-refractivity contribution in [3.63, 3.8) is 0 Å². The number of amides is 1. The average Bonchev–Trinajstić information content (AvgIpc) is 3.39. The fourth-order valence-electron chi connectivity index (χ4n) is 9.56. The number of carbonyl (C=O) groups excluding carboxylic acids is 1. The number of rotatable bonds is 58. The Balaban J connectivity index is 3.44. The quantitative estimate of drug-likeness (QED) is 0.0420. The van der Waals surface area contributed by atoms with Gasteiger partial charge in [-0.15, -0.1) is 0 Å². The minimum absolute atomic E-state index is 0.0739. The van der Waals surface area contributed by atoms with E-state index < -0.39 is 12.1 Å². The van der Waals surface area contributed by atoms with Gasteiger partial charge >= 0.3 is 0 Å². The fraction of sp³-hybridized carbons (Fsp3) is 0.779. The monoisotopic (exact) mass is 1000 g/mol. The zero-order valence-corrected chi connectivity index (χ0v) is 48.2. The van der Waals surface area contributed by atoms with Crippen molar-refractivity contribution in [2.45, 2.75) is 334 Å². The zero-order valence-electron chi connectivity index (χ0n) is 48.2. The van der Waals surface area contributed by atoms with Crippen LogP contribution in [-0.4, -0.2) is 34.9 Å². The van der Waals surface area contributed by atoms with Gasteiger partial charge < -0.3 is 15.5 Å². The fourth-order valence-corrected chi connectivity index (χ4v) is 9.56. The molecule has 0 saturated carbocycles. The molecule has 3 N–H and O–H groups in total. The van der Waals surface area contributed by atoms with Gasteiger partial charge in [-0.3, -0.25) is 4.79 Å². The van der Waals surface area contributed by atoms with Gasteiger partial charge in [-0.1, -0.05) is 317 Å². The van der Waals surface area contributed by atoms with E-state index in [4.69, 9.17) is 0 Å². The topological polar surface area (TPSA) is 69.6 Å². The number of allylic oxidation sites excluding steroid dienone is 13. The molecule has 0 aromatic carbocycles. The highest BCUT2D eigenvalue weighted by molar-refractivity contribution is 5.76. The molecule has 0 fully saturated rings. The molecule has 0 heterocycles. The van der Waals surface area contributed by atoms with E-state index in [0.29, 0.717) is 6.42 Å². The van der Waals surface area contributed by atoms with Crippen LogP contribution in [0.25, 0.3) is 0 Å². The number of carbonyl (C=O) groups is 1. The van der Waals surface area contributed by atoms with Crippen molar-refractivity contribution in [3.05, 3.63) is 85.1 Å². The summed E-state index contributed by atoms with van der Waals surface area (Å²) in [5.74, 6) is -0.0739. The van der Waals surface area contributed by atoms with E-state index in [1.165, 1.54) is 238 Å². The van der Waals surface area contributed by atoms with Crippen LogP contribution < -0.4 is 5.32 Å². The molecule has 2 unspecified atom stereocenters. The number of nitrogens with one attached hydrogen (secondary N) is 1. The molecule has 0 saturated heterocycles. The summed E-state index contributed by atoms with van der Waals surface area (Å²) < 4.78 is 0. The molecule has 0 aromatic heterocycles. The third-order valence-corrected chi connectivity index (χ3v) is 14.3. The summed E-state index contributed by atoms with van der Waals surface area (Å²) in [7, 11) is 0. The largest absolute Gasteiger partial charge is 0.394 e. The van der Waals surface area contributed by atoms with Crippen molar-refractivity contribution in [2.24, 2.45) is 0 Å². The number of aliphatic hydroxyl groups is 2. The van der Waals surface area contributed by atoms with Crippen molar-refractivity contribution < 1.29 is 15.0 Å². The summed E-state index contributed by atoms with van der Waals surface area (Å²) >= 11 is 0. The summed E-state index contributed by atoms with van der Waals surface area (Å²) in [6, 6.07) is -0.647. The Morgan fingerprint density at radius 2 is 0.625 bits per heavy atom.